The minimum absolute atomic E-state index is 0.0766. The van der Waals surface area contributed by atoms with E-state index in [1.807, 2.05) is 0 Å². The predicted molar refractivity (Wildman–Crippen MR) is 71.1 cm³/mol. The Hall–Kier alpha value is -1.79. The molecule has 112 valence electrons. The zero-order chi connectivity index (χ0) is 14.5. The zero-order valence-corrected chi connectivity index (χ0v) is 11.4. The fourth-order valence-electron chi connectivity index (χ4n) is 2.49. The molecule has 20 heavy (non-hydrogen) atoms. The highest BCUT2D eigenvalue weighted by Crippen LogP contribution is 2.24. The van der Waals surface area contributed by atoms with E-state index < -0.39 is 17.9 Å². The van der Waals surface area contributed by atoms with Gasteiger partial charge in [0, 0.05) is 12.1 Å². The third-order valence-corrected chi connectivity index (χ3v) is 3.75. The first-order valence-electron chi connectivity index (χ1n) is 7.13. The number of aliphatic carboxylic acids is 1. The average molecular weight is 283 g/mol. The molecule has 7 nitrogen and oxygen atoms in total. The minimum atomic E-state index is -0.874. The number of hydrogen-bond donors (Lipinski definition) is 4. The smallest absolute Gasteiger partial charge is 0.315 e. The molecule has 0 heterocycles. The number of carboxylic acid groups (broad SMARTS) is 1. The number of nitrogens with one attached hydrogen (secondary N) is 3. The van der Waals surface area contributed by atoms with Crippen LogP contribution >= 0.6 is 0 Å². The van der Waals surface area contributed by atoms with E-state index in [-0.39, 0.29) is 24.5 Å². The molecule has 0 radical (unpaired) electrons. The monoisotopic (exact) mass is 283 g/mol. The summed E-state index contributed by atoms with van der Waals surface area (Å²) in [6.45, 7) is -0.0766. The lowest BCUT2D eigenvalue weighted by Crippen LogP contribution is -2.50. The zero-order valence-electron chi connectivity index (χ0n) is 11.4. The van der Waals surface area contributed by atoms with Crippen LogP contribution in [-0.4, -0.2) is 41.6 Å². The van der Waals surface area contributed by atoms with Crippen LogP contribution in [0.1, 0.15) is 38.5 Å². The number of carbonyl (C=O) groups is 3. The molecule has 2 aliphatic rings. The van der Waals surface area contributed by atoms with Crippen molar-refractivity contribution in [2.45, 2.75) is 50.6 Å². The number of carboxylic acids is 1. The number of amides is 3. The molecule has 0 aromatic heterocycles. The summed E-state index contributed by atoms with van der Waals surface area (Å²) in [4.78, 5) is 34.2. The first-order chi connectivity index (χ1) is 9.56. The van der Waals surface area contributed by atoms with Gasteiger partial charge in [0.1, 0.15) is 0 Å². The van der Waals surface area contributed by atoms with E-state index in [2.05, 4.69) is 16.0 Å². The van der Waals surface area contributed by atoms with Gasteiger partial charge in [0.25, 0.3) is 0 Å². The number of urea groups is 1. The third kappa shape index (κ3) is 4.40. The van der Waals surface area contributed by atoms with E-state index in [1.54, 1.807) is 0 Å². The van der Waals surface area contributed by atoms with Crippen LogP contribution in [0.5, 0.6) is 0 Å². The molecule has 0 spiro atoms. The molecule has 3 amide bonds. The van der Waals surface area contributed by atoms with Crippen LogP contribution < -0.4 is 16.0 Å². The maximum Gasteiger partial charge on any atom is 0.315 e. The molecule has 0 aliphatic heterocycles. The lowest BCUT2D eigenvalue weighted by Gasteiger charge is -2.29. The van der Waals surface area contributed by atoms with Gasteiger partial charge >= 0.3 is 12.0 Å². The summed E-state index contributed by atoms with van der Waals surface area (Å²) in [5.41, 5.74) is 0. The lowest BCUT2D eigenvalue weighted by molar-refractivity contribution is -0.143. The van der Waals surface area contributed by atoms with Gasteiger partial charge in [-0.05, 0) is 25.7 Å². The summed E-state index contributed by atoms with van der Waals surface area (Å²) in [5, 5.41) is 17.0. The Morgan fingerprint density at radius 3 is 2.35 bits per heavy atom. The molecule has 0 aromatic carbocycles. The van der Waals surface area contributed by atoms with Gasteiger partial charge in [0.2, 0.25) is 5.91 Å². The van der Waals surface area contributed by atoms with E-state index in [0.717, 1.165) is 25.7 Å². The molecule has 0 saturated heterocycles. The maximum absolute atomic E-state index is 11.7. The second kappa shape index (κ2) is 6.58. The second-order valence-corrected chi connectivity index (χ2v) is 5.50. The first-order valence-corrected chi connectivity index (χ1v) is 7.13. The summed E-state index contributed by atoms with van der Waals surface area (Å²) in [7, 11) is 0. The minimum Gasteiger partial charge on any atom is -0.481 e. The van der Waals surface area contributed by atoms with Crippen molar-refractivity contribution in [2.24, 2.45) is 5.92 Å². The van der Waals surface area contributed by atoms with Crippen molar-refractivity contribution in [2.75, 3.05) is 6.54 Å². The van der Waals surface area contributed by atoms with Gasteiger partial charge in [-0.15, -0.1) is 0 Å². The number of rotatable bonds is 5. The molecule has 2 saturated carbocycles. The Bertz CT molecular complexity index is 395. The van der Waals surface area contributed by atoms with Crippen molar-refractivity contribution in [3.8, 4) is 0 Å². The van der Waals surface area contributed by atoms with Crippen molar-refractivity contribution >= 4 is 17.9 Å². The molecule has 0 bridgehead atoms. The predicted octanol–water partition coefficient (Wildman–Crippen LogP) is 0.208. The Labute approximate surface area is 117 Å². The normalized spacial score (nSPS) is 25.6. The molecule has 0 aromatic rings. The lowest BCUT2D eigenvalue weighted by atomic mass is 9.84. The van der Waals surface area contributed by atoms with Gasteiger partial charge in [-0.3, -0.25) is 9.59 Å². The highest BCUT2D eigenvalue weighted by atomic mass is 16.4. The Morgan fingerprint density at radius 2 is 1.70 bits per heavy atom. The van der Waals surface area contributed by atoms with E-state index in [9.17, 15) is 14.4 Å². The Kier molecular flexibility index (Phi) is 4.81. The molecule has 2 aliphatic carbocycles. The van der Waals surface area contributed by atoms with E-state index in [1.165, 1.54) is 0 Å². The first kappa shape index (κ1) is 14.6. The van der Waals surface area contributed by atoms with E-state index in [0.29, 0.717) is 12.8 Å². The van der Waals surface area contributed by atoms with Crippen molar-refractivity contribution in [1.82, 2.24) is 16.0 Å². The van der Waals surface area contributed by atoms with Crippen LogP contribution in [0.4, 0.5) is 4.79 Å². The van der Waals surface area contributed by atoms with Gasteiger partial charge in [-0.1, -0.05) is 12.8 Å². The Balaban J connectivity index is 1.71. The second-order valence-electron chi connectivity index (χ2n) is 5.50. The molecule has 2 rings (SSSR count). The number of carbonyl (C=O) groups excluding carboxylic acids is 2. The van der Waals surface area contributed by atoms with Crippen LogP contribution in [0.25, 0.3) is 0 Å². The van der Waals surface area contributed by atoms with Crippen molar-refractivity contribution in [3.63, 3.8) is 0 Å². The van der Waals surface area contributed by atoms with Gasteiger partial charge in [0.05, 0.1) is 12.5 Å². The van der Waals surface area contributed by atoms with Crippen molar-refractivity contribution < 1.29 is 19.5 Å². The summed E-state index contributed by atoms with van der Waals surface area (Å²) in [5.74, 6) is -1.61. The molecule has 2 atom stereocenters. The van der Waals surface area contributed by atoms with Crippen LogP contribution in [0.15, 0.2) is 0 Å². The van der Waals surface area contributed by atoms with Crippen LogP contribution in [0.3, 0.4) is 0 Å². The summed E-state index contributed by atoms with van der Waals surface area (Å²) >= 11 is 0. The number of hydrogen-bond acceptors (Lipinski definition) is 3. The average Bonchev–Trinajstić information content (AvgIpc) is 3.21. The van der Waals surface area contributed by atoms with E-state index in [4.69, 9.17) is 5.11 Å². The highest BCUT2D eigenvalue weighted by Gasteiger charge is 2.31. The highest BCUT2D eigenvalue weighted by molar-refractivity contribution is 5.84. The molecule has 4 N–H and O–H groups in total. The van der Waals surface area contributed by atoms with Crippen LogP contribution in [0.2, 0.25) is 0 Å². The molecule has 2 unspecified atom stereocenters. The van der Waals surface area contributed by atoms with Crippen LogP contribution in [-0.2, 0) is 9.59 Å². The van der Waals surface area contributed by atoms with Crippen LogP contribution in [0, 0.1) is 5.92 Å². The van der Waals surface area contributed by atoms with Crippen molar-refractivity contribution in [1.29, 1.82) is 0 Å². The molecular weight excluding hydrogens is 262 g/mol. The molecular formula is C13H21N3O4. The third-order valence-electron chi connectivity index (χ3n) is 3.75. The molecule has 7 heteroatoms. The van der Waals surface area contributed by atoms with E-state index >= 15 is 0 Å². The van der Waals surface area contributed by atoms with Crippen molar-refractivity contribution in [3.05, 3.63) is 0 Å². The maximum atomic E-state index is 11.7. The van der Waals surface area contributed by atoms with Gasteiger partial charge in [-0.25, -0.2) is 4.79 Å². The summed E-state index contributed by atoms with van der Waals surface area (Å²) < 4.78 is 0. The summed E-state index contributed by atoms with van der Waals surface area (Å²) in [6, 6.07) is -0.566. The quantitative estimate of drug-likeness (QED) is 0.578. The van der Waals surface area contributed by atoms with Gasteiger partial charge in [-0.2, -0.15) is 0 Å². The van der Waals surface area contributed by atoms with Gasteiger partial charge < -0.3 is 21.1 Å². The topological polar surface area (TPSA) is 108 Å². The fraction of sp³-hybridized carbons (Fsp3) is 0.769. The fourth-order valence-corrected chi connectivity index (χ4v) is 2.49. The Morgan fingerprint density at radius 1 is 1.00 bits per heavy atom. The molecule has 2 fully saturated rings. The standard InChI is InChI=1S/C13H21N3O4/c17-11(15-8-5-6-8)7-14-13(20)16-10-4-2-1-3-9(10)12(18)19/h8-10H,1-7H2,(H,15,17)(H,18,19)(H2,14,16,20). The SMILES string of the molecule is O=C(CNC(=O)NC1CCCCC1C(=O)O)NC1CC1. The summed E-state index contributed by atoms with van der Waals surface area (Å²) in [6.07, 6.45) is 5.04. The van der Waals surface area contributed by atoms with Gasteiger partial charge in [0.15, 0.2) is 0 Å². The largest absolute Gasteiger partial charge is 0.481 e.